The highest BCUT2D eigenvalue weighted by Crippen LogP contribution is 2.37. The normalized spacial score (nSPS) is 19.5. The number of rotatable bonds is 7. The van der Waals surface area contributed by atoms with E-state index < -0.39 is 5.60 Å². The van der Waals surface area contributed by atoms with Crippen molar-refractivity contribution in [3.05, 3.63) is 59.2 Å². The summed E-state index contributed by atoms with van der Waals surface area (Å²) in [6.45, 7) is 13.3. The highest BCUT2D eigenvalue weighted by atomic mass is 16.6. The summed E-state index contributed by atoms with van der Waals surface area (Å²) in [5.74, 6) is 0.113. The molecule has 44 heavy (non-hydrogen) atoms. The molecule has 1 N–H and O–H groups in total. The number of hydrogen-bond acceptors (Lipinski definition) is 7. The zero-order valence-corrected chi connectivity index (χ0v) is 26.6. The maximum Gasteiger partial charge on any atom is 0.410 e. The first-order chi connectivity index (χ1) is 21.0. The van der Waals surface area contributed by atoms with Gasteiger partial charge in [0.05, 0.1) is 23.6 Å². The van der Waals surface area contributed by atoms with Gasteiger partial charge in [0.2, 0.25) is 5.95 Å². The maximum atomic E-state index is 13.3. The summed E-state index contributed by atoms with van der Waals surface area (Å²) in [7, 11) is 0. The van der Waals surface area contributed by atoms with Gasteiger partial charge in [-0.3, -0.25) is 19.8 Å². The largest absolute Gasteiger partial charge is 0.466 e. The van der Waals surface area contributed by atoms with Crippen LogP contribution in [0.15, 0.2) is 42.5 Å². The van der Waals surface area contributed by atoms with Gasteiger partial charge in [0.25, 0.3) is 5.91 Å². The van der Waals surface area contributed by atoms with E-state index >= 15 is 0 Å². The van der Waals surface area contributed by atoms with E-state index in [-0.39, 0.29) is 29.9 Å². The Bertz CT molecular complexity index is 1490. The number of carbonyl (C=O) groups is 3. The van der Waals surface area contributed by atoms with E-state index in [1.54, 1.807) is 11.0 Å². The Morgan fingerprint density at radius 2 is 1.70 bits per heavy atom. The minimum atomic E-state index is -0.508. The van der Waals surface area contributed by atoms with Crippen molar-refractivity contribution in [2.45, 2.75) is 78.5 Å². The fraction of sp³-hybridized carbons (Fsp3) is 0.529. The molecule has 1 saturated heterocycles. The monoisotopic (exact) mass is 603 g/mol. The third-order valence-electron chi connectivity index (χ3n) is 8.37. The van der Waals surface area contributed by atoms with E-state index in [1.807, 2.05) is 52.8 Å². The van der Waals surface area contributed by atoms with E-state index in [4.69, 9.17) is 14.5 Å². The van der Waals surface area contributed by atoms with Gasteiger partial charge in [-0.2, -0.15) is 0 Å². The standard InChI is InChI=1S/C34H45N5O5/c1-6-43-31(41)25-11-13-27(14-12-25)39-29-15-10-24(22-37-16-18-38(19-17-37)33(42)44-34(3,4)5)21-28(29)35-32(39)36-30(40)26-9-7-8-23(2)20-26/h7-10,15,20-21,25,27H,6,11-14,16-19,22H2,1-5H3,(H,35,36,40). The molecule has 0 atom stereocenters. The fourth-order valence-corrected chi connectivity index (χ4v) is 6.16. The molecule has 0 unspecified atom stereocenters. The minimum Gasteiger partial charge on any atom is -0.466 e. The van der Waals surface area contributed by atoms with E-state index in [1.165, 1.54) is 0 Å². The van der Waals surface area contributed by atoms with Crippen molar-refractivity contribution in [3.8, 4) is 0 Å². The van der Waals surface area contributed by atoms with Crippen LogP contribution >= 0.6 is 0 Å². The van der Waals surface area contributed by atoms with Crippen molar-refractivity contribution in [1.82, 2.24) is 19.4 Å². The minimum absolute atomic E-state index is 0.0892. The third-order valence-corrected chi connectivity index (χ3v) is 8.37. The van der Waals surface area contributed by atoms with Crippen LogP contribution in [0.5, 0.6) is 0 Å². The lowest BCUT2D eigenvalue weighted by molar-refractivity contribution is -0.149. The Morgan fingerprint density at radius 3 is 2.36 bits per heavy atom. The second-order valence-electron chi connectivity index (χ2n) is 13.0. The van der Waals surface area contributed by atoms with E-state index in [0.29, 0.717) is 31.2 Å². The fourth-order valence-electron chi connectivity index (χ4n) is 6.16. The highest BCUT2D eigenvalue weighted by Gasteiger charge is 2.31. The summed E-state index contributed by atoms with van der Waals surface area (Å²) in [5, 5.41) is 3.09. The number of benzene rings is 2. The summed E-state index contributed by atoms with van der Waals surface area (Å²) in [6, 6.07) is 13.9. The molecule has 2 heterocycles. The van der Waals surface area contributed by atoms with Gasteiger partial charge in [-0.1, -0.05) is 23.8 Å². The number of aromatic nitrogens is 2. The molecule has 1 aromatic heterocycles. The second-order valence-corrected chi connectivity index (χ2v) is 13.0. The molecule has 10 heteroatoms. The molecule has 2 amide bonds. The molecule has 236 valence electrons. The number of nitrogens with one attached hydrogen (secondary N) is 1. The number of ether oxygens (including phenoxy) is 2. The predicted octanol–water partition coefficient (Wildman–Crippen LogP) is 5.94. The van der Waals surface area contributed by atoms with Gasteiger partial charge in [-0.05, 0) is 90.1 Å². The topological polar surface area (TPSA) is 106 Å². The van der Waals surface area contributed by atoms with Crippen LogP contribution in [0.2, 0.25) is 0 Å². The first-order valence-electron chi connectivity index (χ1n) is 15.8. The number of hydrogen-bond donors (Lipinski definition) is 1. The van der Waals surface area contributed by atoms with Crippen LogP contribution in [-0.2, 0) is 20.8 Å². The van der Waals surface area contributed by atoms with Crippen molar-refractivity contribution in [3.63, 3.8) is 0 Å². The number of imidazole rings is 1. The average Bonchev–Trinajstić information content (AvgIpc) is 3.33. The Hall–Kier alpha value is -3.92. The number of fused-ring (bicyclic) bond motifs is 1. The zero-order valence-electron chi connectivity index (χ0n) is 26.6. The van der Waals surface area contributed by atoms with Crippen LogP contribution in [0.3, 0.4) is 0 Å². The molecule has 2 fully saturated rings. The number of carbonyl (C=O) groups excluding carboxylic acids is 3. The number of anilines is 1. The SMILES string of the molecule is CCOC(=O)C1CCC(n2c(NC(=O)c3cccc(C)c3)nc3cc(CN4CCN(C(=O)OC(C)(C)C)CC4)ccc32)CC1. The number of amides is 2. The molecular formula is C34H45N5O5. The summed E-state index contributed by atoms with van der Waals surface area (Å²) >= 11 is 0. The average molecular weight is 604 g/mol. The number of esters is 1. The van der Waals surface area contributed by atoms with Crippen molar-refractivity contribution >= 4 is 35.0 Å². The van der Waals surface area contributed by atoms with Crippen molar-refractivity contribution < 1.29 is 23.9 Å². The highest BCUT2D eigenvalue weighted by molar-refractivity contribution is 6.04. The van der Waals surface area contributed by atoms with Gasteiger partial charge in [-0.25, -0.2) is 9.78 Å². The molecule has 1 aliphatic carbocycles. The number of aryl methyl sites for hydroxylation is 1. The molecule has 2 aliphatic rings. The van der Waals surface area contributed by atoms with E-state index in [9.17, 15) is 14.4 Å². The molecule has 0 radical (unpaired) electrons. The Kier molecular flexibility index (Phi) is 9.58. The first-order valence-corrected chi connectivity index (χ1v) is 15.8. The van der Waals surface area contributed by atoms with Gasteiger partial charge >= 0.3 is 12.1 Å². The van der Waals surface area contributed by atoms with Crippen LogP contribution in [0.4, 0.5) is 10.7 Å². The van der Waals surface area contributed by atoms with Crippen LogP contribution < -0.4 is 5.32 Å². The van der Waals surface area contributed by atoms with Gasteiger partial charge in [0, 0.05) is 44.3 Å². The van der Waals surface area contributed by atoms with Gasteiger partial charge in [0.15, 0.2) is 0 Å². The summed E-state index contributed by atoms with van der Waals surface area (Å²) in [6.07, 6.45) is 2.81. The Balaban J connectivity index is 1.34. The summed E-state index contributed by atoms with van der Waals surface area (Å²) in [5.41, 5.74) is 3.99. The lowest BCUT2D eigenvalue weighted by atomic mass is 9.86. The Morgan fingerprint density at radius 1 is 0.977 bits per heavy atom. The van der Waals surface area contributed by atoms with Crippen LogP contribution in [0.25, 0.3) is 11.0 Å². The molecule has 10 nitrogen and oxygen atoms in total. The van der Waals surface area contributed by atoms with Crippen LogP contribution in [0, 0.1) is 12.8 Å². The third kappa shape index (κ3) is 7.59. The number of nitrogens with zero attached hydrogens (tertiary/aromatic N) is 4. The number of piperazine rings is 1. The van der Waals surface area contributed by atoms with Crippen molar-refractivity contribution in [2.75, 3.05) is 38.1 Å². The van der Waals surface area contributed by atoms with Crippen LogP contribution in [0.1, 0.15) is 80.9 Å². The van der Waals surface area contributed by atoms with Gasteiger partial charge in [0.1, 0.15) is 5.60 Å². The molecule has 1 aliphatic heterocycles. The van der Waals surface area contributed by atoms with Crippen molar-refractivity contribution in [1.29, 1.82) is 0 Å². The van der Waals surface area contributed by atoms with Crippen molar-refractivity contribution in [2.24, 2.45) is 5.92 Å². The zero-order chi connectivity index (χ0) is 31.4. The quantitative estimate of drug-likeness (QED) is 0.333. The lowest BCUT2D eigenvalue weighted by Crippen LogP contribution is -2.49. The van der Waals surface area contributed by atoms with Gasteiger partial charge < -0.3 is 18.9 Å². The second kappa shape index (κ2) is 13.4. The molecule has 0 spiro atoms. The molecule has 0 bridgehead atoms. The molecule has 1 saturated carbocycles. The predicted molar refractivity (Wildman–Crippen MR) is 170 cm³/mol. The van der Waals surface area contributed by atoms with E-state index in [2.05, 4.69) is 33.0 Å². The maximum absolute atomic E-state index is 13.3. The molecule has 5 rings (SSSR count). The summed E-state index contributed by atoms with van der Waals surface area (Å²) < 4.78 is 13.0. The molecular weight excluding hydrogens is 558 g/mol. The molecule has 2 aromatic carbocycles. The first kappa shape index (κ1) is 31.5. The Labute approximate surface area is 259 Å². The van der Waals surface area contributed by atoms with E-state index in [0.717, 1.165) is 67.5 Å². The smallest absolute Gasteiger partial charge is 0.410 e. The lowest BCUT2D eigenvalue weighted by Gasteiger charge is -2.35. The molecule has 3 aromatic rings. The summed E-state index contributed by atoms with van der Waals surface area (Å²) in [4.78, 5) is 47.2. The van der Waals surface area contributed by atoms with Gasteiger partial charge in [-0.15, -0.1) is 0 Å². The van der Waals surface area contributed by atoms with Crippen LogP contribution in [-0.4, -0.2) is 75.7 Å².